The molecule has 0 aliphatic heterocycles. The van der Waals surface area contributed by atoms with Crippen molar-refractivity contribution in [2.75, 3.05) is 5.32 Å². The van der Waals surface area contributed by atoms with Gasteiger partial charge in [0.15, 0.2) is 0 Å². The quantitative estimate of drug-likeness (QED) is 0.660. The van der Waals surface area contributed by atoms with Crippen molar-refractivity contribution in [3.63, 3.8) is 0 Å². The predicted molar refractivity (Wildman–Crippen MR) is 98.5 cm³/mol. The Kier molecular flexibility index (Phi) is 6.90. The van der Waals surface area contributed by atoms with E-state index in [2.05, 4.69) is 10.3 Å². The maximum atomic E-state index is 5.90. The number of nitrogens with one attached hydrogen (secondary N) is 1. The van der Waals surface area contributed by atoms with Crippen molar-refractivity contribution in [1.82, 2.24) is 4.98 Å². The number of halogens is 4. The van der Waals surface area contributed by atoms with Crippen molar-refractivity contribution in [2.45, 2.75) is 0 Å². The van der Waals surface area contributed by atoms with Gasteiger partial charge in [-0.25, -0.2) is 0 Å². The van der Waals surface area contributed by atoms with E-state index in [-0.39, 0.29) is 16.9 Å². The van der Waals surface area contributed by atoms with Crippen LogP contribution in [-0.2, 0) is 0 Å². The molecule has 24 heavy (non-hydrogen) atoms. The summed E-state index contributed by atoms with van der Waals surface area (Å²) in [6.07, 6.45) is 1.62. The van der Waals surface area contributed by atoms with Crippen LogP contribution in [0.3, 0.4) is 0 Å². The monoisotopic (exact) mass is 417 g/mol. The Morgan fingerprint density at radius 1 is 1.04 bits per heavy atom. The largest absolute Gasteiger partial charge is 1.00 e. The lowest BCUT2D eigenvalue weighted by molar-refractivity contribution is -0.480. The number of hydrogen-bond donors (Lipinski definition) is 1. The SMILES string of the molecule is ClC(Cl)=C[n+]1sc(Nc2ccc(Cl)cc2)nc1-c1ccccc1.[Cl-]. The van der Waals surface area contributed by atoms with Gasteiger partial charge in [-0.05, 0) is 41.4 Å². The first-order valence-electron chi connectivity index (χ1n) is 6.65. The fraction of sp³-hybridized carbons (Fsp3) is 0. The smallest absolute Gasteiger partial charge is 0.350 e. The fourth-order valence-electron chi connectivity index (χ4n) is 1.96. The fourth-order valence-corrected chi connectivity index (χ4v) is 3.27. The summed E-state index contributed by atoms with van der Waals surface area (Å²) in [5, 5.41) is 4.65. The number of aromatic nitrogens is 2. The molecule has 0 saturated heterocycles. The normalized spacial score (nSPS) is 9.96. The molecule has 0 amide bonds. The number of rotatable bonds is 4. The molecule has 1 aromatic heterocycles. The van der Waals surface area contributed by atoms with Crippen molar-refractivity contribution < 1.29 is 16.4 Å². The van der Waals surface area contributed by atoms with Crippen LogP contribution in [0.1, 0.15) is 0 Å². The summed E-state index contributed by atoms with van der Waals surface area (Å²) in [6, 6.07) is 17.2. The highest BCUT2D eigenvalue weighted by Crippen LogP contribution is 2.24. The van der Waals surface area contributed by atoms with Crippen molar-refractivity contribution in [2.24, 2.45) is 0 Å². The van der Waals surface area contributed by atoms with Crippen LogP contribution >= 0.6 is 46.3 Å². The van der Waals surface area contributed by atoms with Crippen LogP contribution in [0.4, 0.5) is 10.8 Å². The summed E-state index contributed by atoms with van der Waals surface area (Å²) < 4.78 is 1.98. The van der Waals surface area contributed by atoms with E-state index in [0.717, 1.165) is 22.2 Å². The van der Waals surface area contributed by atoms with E-state index in [1.807, 2.05) is 58.6 Å². The summed E-state index contributed by atoms with van der Waals surface area (Å²) in [7, 11) is 0. The van der Waals surface area contributed by atoms with Crippen LogP contribution in [0, 0.1) is 0 Å². The highest BCUT2D eigenvalue weighted by atomic mass is 35.5. The molecule has 3 rings (SSSR count). The third-order valence-electron chi connectivity index (χ3n) is 2.94. The van der Waals surface area contributed by atoms with Gasteiger partial charge in [0.25, 0.3) is 0 Å². The summed E-state index contributed by atoms with van der Waals surface area (Å²) >= 11 is 18.9. The van der Waals surface area contributed by atoms with E-state index in [0.29, 0.717) is 5.02 Å². The van der Waals surface area contributed by atoms with Gasteiger partial charge in [-0.1, -0.05) is 53.0 Å². The Morgan fingerprint density at radius 3 is 2.33 bits per heavy atom. The van der Waals surface area contributed by atoms with Gasteiger partial charge in [-0.15, -0.1) is 3.96 Å². The molecule has 0 unspecified atom stereocenters. The summed E-state index contributed by atoms with van der Waals surface area (Å²) in [4.78, 5) is 4.63. The predicted octanol–water partition coefficient (Wildman–Crippen LogP) is 2.73. The van der Waals surface area contributed by atoms with E-state index < -0.39 is 0 Å². The third kappa shape index (κ3) is 4.85. The highest BCUT2D eigenvalue weighted by Gasteiger charge is 2.22. The van der Waals surface area contributed by atoms with Gasteiger partial charge in [0, 0.05) is 10.7 Å². The van der Waals surface area contributed by atoms with Gasteiger partial charge in [-0.3, -0.25) is 0 Å². The van der Waals surface area contributed by atoms with Gasteiger partial charge in [0.05, 0.1) is 5.56 Å². The zero-order chi connectivity index (χ0) is 16.2. The Hall–Kier alpha value is -1.30. The lowest BCUT2D eigenvalue weighted by atomic mass is 10.2. The molecule has 0 bridgehead atoms. The number of anilines is 2. The minimum atomic E-state index is 0. The Bertz CT molecular complexity index is 828. The molecule has 0 fully saturated rings. The molecular weight excluding hydrogens is 408 g/mol. The maximum absolute atomic E-state index is 5.90. The standard InChI is InChI=1S/C16H10Cl3N3S.ClH/c17-12-6-8-13(9-7-12)20-16-21-15(11-4-2-1-3-5-11)22(23-16)10-14(18)19;/h1-10H;1H. The second-order valence-corrected chi connectivity index (χ2v) is 6.98. The molecule has 0 radical (unpaired) electrons. The molecule has 0 saturated carbocycles. The average Bonchev–Trinajstić information content (AvgIpc) is 2.92. The van der Waals surface area contributed by atoms with Gasteiger partial charge < -0.3 is 17.7 Å². The van der Waals surface area contributed by atoms with E-state index in [4.69, 9.17) is 34.8 Å². The van der Waals surface area contributed by atoms with E-state index in [1.54, 1.807) is 6.20 Å². The Labute approximate surface area is 165 Å². The van der Waals surface area contributed by atoms with E-state index in [9.17, 15) is 0 Å². The summed E-state index contributed by atoms with van der Waals surface area (Å²) in [6.45, 7) is 0. The van der Waals surface area contributed by atoms with Gasteiger partial charge in [0.1, 0.15) is 22.2 Å². The first kappa shape index (κ1) is 19.0. The Balaban J connectivity index is 0.00000208. The molecule has 3 aromatic rings. The molecule has 0 atom stereocenters. The maximum Gasteiger partial charge on any atom is 0.350 e. The molecule has 2 aromatic carbocycles. The van der Waals surface area contributed by atoms with Crippen LogP contribution in [0.15, 0.2) is 59.1 Å². The topological polar surface area (TPSA) is 28.8 Å². The number of hydrogen-bond acceptors (Lipinski definition) is 3. The molecule has 1 N–H and O–H groups in total. The molecule has 0 aliphatic carbocycles. The third-order valence-corrected chi connectivity index (χ3v) is 4.23. The molecule has 124 valence electrons. The summed E-state index contributed by atoms with van der Waals surface area (Å²) in [5.41, 5.74) is 1.87. The minimum absolute atomic E-state index is 0. The van der Waals surface area contributed by atoms with Crippen LogP contribution in [0.5, 0.6) is 0 Å². The number of nitrogens with zero attached hydrogens (tertiary/aromatic N) is 2. The molecule has 0 spiro atoms. The second-order valence-electron chi connectivity index (χ2n) is 4.57. The lowest BCUT2D eigenvalue weighted by Gasteiger charge is -1.97. The molecule has 8 heteroatoms. The van der Waals surface area contributed by atoms with Gasteiger partial charge in [-0.2, -0.15) is 0 Å². The molecule has 3 nitrogen and oxygen atoms in total. The first-order valence-corrected chi connectivity index (χ1v) is 8.56. The Morgan fingerprint density at radius 2 is 1.71 bits per heavy atom. The summed E-state index contributed by atoms with van der Waals surface area (Å²) in [5.74, 6) is 0.755. The highest BCUT2D eigenvalue weighted by molar-refractivity contribution is 7.06. The van der Waals surface area contributed by atoms with Gasteiger partial charge in [0.2, 0.25) is 0 Å². The van der Waals surface area contributed by atoms with Crippen molar-refractivity contribution in [3.05, 3.63) is 64.1 Å². The lowest BCUT2D eigenvalue weighted by Crippen LogP contribution is -3.00. The van der Waals surface area contributed by atoms with Crippen LogP contribution < -0.4 is 21.7 Å². The van der Waals surface area contributed by atoms with E-state index >= 15 is 0 Å². The number of benzene rings is 2. The zero-order valence-electron chi connectivity index (χ0n) is 12.1. The van der Waals surface area contributed by atoms with Crippen LogP contribution in [-0.4, -0.2) is 4.98 Å². The van der Waals surface area contributed by atoms with Crippen LogP contribution in [0.2, 0.25) is 5.02 Å². The molecule has 1 heterocycles. The minimum Gasteiger partial charge on any atom is -1.00 e. The zero-order valence-corrected chi connectivity index (χ0v) is 15.9. The second kappa shape index (κ2) is 8.70. The van der Waals surface area contributed by atoms with E-state index in [1.165, 1.54) is 11.5 Å². The van der Waals surface area contributed by atoms with Gasteiger partial charge >= 0.3 is 11.0 Å². The molecule has 0 aliphatic rings. The first-order chi connectivity index (χ1) is 11.1. The van der Waals surface area contributed by atoms with Crippen molar-refractivity contribution in [1.29, 1.82) is 0 Å². The molecular formula is C16H11Cl4N3S. The van der Waals surface area contributed by atoms with Crippen LogP contribution in [0.25, 0.3) is 17.6 Å². The van der Waals surface area contributed by atoms with Crippen molar-refractivity contribution in [3.8, 4) is 11.4 Å². The average molecular weight is 419 g/mol. The van der Waals surface area contributed by atoms with Crippen molar-refractivity contribution >= 4 is 63.4 Å².